The van der Waals surface area contributed by atoms with Gasteiger partial charge >= 0.3 is 0 Å². The number of hydrogen-bond donors (Lipinski definition) is 3. The van der Waals surface area contributed by atoms with Crippen molar-refractivity contribution in [2.24, 2.45) is 5.10 Å². The topological polar surface area (TPSA) is 145 Å². The molecule has 0 bridgehead atoms. The molecule has 3 heterocycles. The number of non-ortho nitro benzene ring substituents is 1. The second kappa shape index (κ2) is 6.46. The Hall–Kier alpha value is -4.12. The number of carbonyl (C=O) groups is 1. The number of anilines is 1. The normalized spacial score (nSPS) is 17.2. The van der Waals surface area contributed by atoms with Gasteiger partial charge in [-0.25, -0.2) is 9.99 Å². The highest BCUT2D eigenvalue weighted by molar-refractivity contribution is 7.19. The van der Waals surface area contributed by atoms with Crippen LogP contribution in [-0.4, -0.2) is 44.0 Å². The molecule has 2 aromatic carbocycles. The van der Waals surface area contributed by atoms with Crippen LogP contribution in [0.5, 0.6) is 0 Å². The first kappa shape index (κ1) is 17.9. The van der Waals surface area contributed by atoms with Crippen LogP contribution in [-0.2, 0) is 4.79 Å². The highest BCUT2D eigenvalue weighted by Gasteiger charge is 2.34. The van der Waals surface area contributed by atoms with E-state index in [-0.39, 0.29) is 40.7 Å². The summed E-state index contributed by atoms with van der Waals surface area (Å²) in [5.41, 5.74) is 1.45. The van der Waals surface area contributed by atoms with Crippen LogP contribution in [0.15, 0.2) is 53.3 Å². The van der Waals surface area contributed by atoms with E-state index in [1.165, 1.54) is 34.5 Å². The van der Waals surface area contributed by atoms with Crippen LogP contribution in [0.1, 0.15) is 10.6 Å². The smallest absolute Gasteiger partial charge is 0.276 e. The van der Waals surface area contributed by atoms with Gasteiger partial charge in [0.1, 0.15) is 17.3 Å². The number of benzene rings is 2. The Morgan fingerprint density at radius 1 is 1.30 bits per heavy atom. The number of para-hydroxylation sites is 1. The summed E-state index contributed by atoms with van der Waals surface area (Å²) in [7, 11) is 0. The predicted molar refractivity (Wildman–Crippen MR) is 112 cm³/mol. The quantitative estimate of drug-likeness (QED) is 0.438. The number of aromatic nitrogens is 1. The van der Waals surface area contributed by atoms with Crippen molar-refractivity contribution in [3.63, 3.8) is 0 Å². The Kier molecular flexibility index (Phi) is 3.86. The van der Waals surface area contributed by atoms with Crippen LogP contribution in [0.25, 0.3) is 15.8 Å². The summed E-state index contributed by atoms with van der Waals surface area (Å²) in [4.78, 5) is 27.4. The monoisotopic (exact) mass is 420 g/mol. The predicted octanol–water partition coefficient (Wildman–Crippen LogP) is 3.12. The number of nitro benzene ring substituents is 1. The molecule has 1 aromatic heterocycles. The third-order valence-corrected chi connectivity index (χ3v) is 5.80. The molecule has 3 aromatic rings. The zero-order valence-electron chi connectivity index (χ0n) is 15.1. The first-order chi connectivity index (χ1) is 14.4. The van der Waals surface area contributed by atoms with Crippen molar-refractivity contribution < 1.29 is 14.8 Å². The summed E-state index contributed by atoms with van der Waals surface area (Å²) in [6.45, 7) is -0.106. The molecule has 2 aliphatic heterocycles. The maximum atomic E-state index is 12.4. The SMILES string of the molecule is N=C1C(c2nc3ccccc3s2)=C(O)CN1/N=C1\C(=O)Nc2ccc([N+](=O)[O-])cc21. The number of nitrogens with zero attached hydrogens (tertiary/aromatic N) is 4. The van der Waals surface area contributed by atoms with Crippen LogP contribution in [0.4, 0.5) is 11.4 Å². The van der Waals surface area contributed by atoms with Crippen molar-refractivity contribution in [3.8, 4) is 0 Å². The molecule has 30 heavy (non-hydrogen) atoms. The van der Waals surface area contributed by atoms with E-state index in [1.54, 1.807) is 0 Å². The molecule has 0 atom stereocenters. The number of hydrogen-bond acceptors (Lipinski definition) is 8. The lowest BCUT2D eigenvalue weighted by molar-refractivity contribution is -0.384. The van der Waals surface area contributed by atoms with Gasteiger partial charge in [0.25, 0.3) is 11.6 Å². The molecule has 2 aliphatic rings. The molecule has 10 nitrogen and oxygen atoms in total. The van der Waals surface area contributed by atoms with Crippen molar-refractivity contribution >= 4 is 56.0 Å². The third-order valence-electron chi connectivity index (χ3n) is 4.74. The summed E-state index contributed by atoms with van der Waals surface area (Å²) < 4.78 is 0.918. The molecule has 3 N–H and O–H groups in total. The number of carbonyl (C=O) groups excluding carboxylic acids is 1. The fourth-order valence-electron chi connectivity index (χ4n) is 3.33. The Morgan fingerprint density at radius 3 is 2.87 bits per heavy atom. The third kappa shape index (κ3) is 2.71. The lowest BCUT2D eigenvalue weighted by atomic mass is 10.1. The summed E-state index contributed by atoms with van der Waals surface area (Å²) in [5.74, 6) is -0.724. The minimum absolute atomic E-state index is 0.0585. The molecular formula is C19H12N6O4S. The molecule has 11 heteroatoms. The van der Waals surface area contributed by atoms with Crippen LogP contribution in [0.3, 0.4) is 0 Å². The first-order valence-electron chi connectivity index (χ1n) is 8.75. The lowest BCUT2D eigenvalue weighted by Gasteiger charge is -2.12. The Balaban J connectivity index is 1.51. The number of amides is 1. The van der Waals surface area contributed by atoms with Gasteiger partial charge in [0, 0.05) is 17.7 Å². The van der Waals surface area contributed by atoms with E-state index in [4.69, 9.17) is 5.41 Å². The van der Waals surface area contributed by atoms with Crippen LogP contribution in [0, 0.1) is 15.5 Å². The number of thiazole rings is 1. The van der Waals surface area contributed by atoms with Crippen molar-refractivity contribution in [3.05, 3.63) is 68.9 Å². The number of amidine groups is 1. The van der Waals surface area contributed by atoms with E-state index in [1.807, 2.05) is 24.3 Å². The van der Waals surface area contributed by atoms with E-state index in [0.717, 1.165) is 10.2 Å². The number of aliphatic hydroxyl groups is 1. The van der Waals surface area contributed by atoms with Gasteiger partial charge in [0.2, 0.25) is 0 Å². The van der Waals surface area contributed by atoms with Gasteiger partial charge in [-0.3, -0.25) is 20.3 Å². The standard InChI is InChI=1S/C19H12N6O4S/c20-17-15(19-22-12-3-1-2-4-14(12)30-19)13(26)8-24(17)23-16-10-7-9(25(28)29)5-6-11(10)21-18(16)27/h1-7,20,26H,8H2,(H,21,23,27). The maximum Gasteiger partial charge on any atom is 0.276 e. The van der Waals surface area contributed by atoms with Gasteiger partial charge in [0.15, 0.2) is 11.5 Å². The van der Waals surface area contributed by atoms with Crippen LogP contribution >= 0.6 is 11.3 Å². The Bertz CT molecular complexity index is 1310. The molecule has 0 aliphatic carbocycles. The van der Waals surface area contributed by atoms with Crippen LogP contribution in [0.2, 0.25) is 0 Å². The van der Waals surface area contributed by atoms with Gasteiger partial charge in [-0.1, -0.05) is 12.1 Å². The van der Waals surface area contributed by atoms with Gasteiger partial charge in [-0.05, 0) is 18.2 Å². The molecule has 5 rings (SSSR count). The number of nitrogens with one attached hydrogen (secondary N) is 2. The average molecular weight is 420 g/mol. The second-order valence-electron chi connectivity index (χ2n) is 6.60. The zero-order chi connectivity index (χ0) is 21.0. The Morgan fingerprint density at radius 2 is 2.10 bits per heavy atom. The number of aliphatic hydroxyl groups excluding tert-OH is 1. The summed E-state index contributed by atoms with van der Waals surface area (Å²) >= 11 is 1.34. The van der Waals surface area contributed by atoms with E-state index < -0.39 is 10.8 Å². The molecule has 0 saturated heterocycles. The molecule has 0 fully saturated rings. The highest BCUT2D eigenvalue weighted by atomic mass is 32.1. The fourth-order valence-corrected chi connectivity index (χ4v) is 4.36. The van der Waals surface area contributed by atoms with E-state index in [2.05, 4.69) is 15.4 Å². The highest BCUT2D eigenvalue weighted by Crippen LogP contribution is 2.34. The molecule has 0 unspecified atom stereocenters. The van der Waals surface area contributed by atoms with E-state index in [0.29, 0.717) is 10.7 Å². The van der Waals surface area contributed by atoms with Crippen molar-refractivity contribution in [1.82, 2.24) is 9.99 Å². The first-order valence-corrected chi connectivity index (χ1v) is 9.57. The molecule has 0 spiro atoms. The number of rotatable bonds is 3. The Labute approximate surface area is 172 Å². The van der Waals surface area contributed by atoms with Crippen molar-refractivity contribution in [2.45, 2.75) is 0 Å². The van der Waals surface area contributed by atoms with E-state index in [9.17, 15) is 20.0 Å². The molecule has 0 radical (unpaired) electrons. The van der Waals surface area contributed by atoms with Crippen molar-refractivity contribution in [1.29, 1.82) is 5.41 Å². The molecule has 1 amide bonds. The maximum absolute atomic E-state index is 12.4. The van der Waals surface area contributed by atoms with Gasteiger partial charge in [-0.15, -0.1) is 11.3 Å². The fraction of sp³-hybridized carbons (Fsp3) is 0.0526. The van der Waals surface area contributed by atoms with Gasteiger partial charge < -0.3 is 10.4 Å². The average Bonchev–Trinajstić information content (AvgIpc) is 3.35. The van der Waals surface area contributed by atoms with Crippen LogP contribution < -0.4 is 5.32 Å². The summed E-state index contributed by atoms with van der Waals surface area (Å²) in [5, 5.41) is 38.5. The molecule has 148 valence electrons. The number of hydrazone groups is 1. The molecule has 0 saturated carbocycles. The van der Waals surface area contributed by atoms with Crippen molar-refractivity contribution in [2.75, 3.05) is 11.9 Å². The van der Waals surface area contributed by atoms with E-state index >= 15 is 0 Å². The largest absolute Gasteiger partial charge is 0.509 e. The minimum atomic E-state index is -0.558. The summed E-state index contributed by atoms with van der Waals surface area (Å²) in [6, 6.07) is 11.5. The second-order valence-corrected chi connectivity index (χ2v) is 7.64. The van der Waals surface area contributed by atoms with Gasteiger partial charge in [-0.2, -0.15) is 5.10 Å². The molecular weight excluding hydrogens is 408 g/mol. The van der Waals surface area contributed by atoms with Gasteiger partial charge in [0.05, 0.1) is 26.4 Å². The number of fused-ring (bicyclic) bond motifs is 2. The minimum Gasteiger partial charge on any atom is -0.509 e. The lowest BCUT2D eigenvalue weighted by Crippen LogP contribution is -2.25. The summed E-state index contributed by atoms with van der Waals surface area (Å²) in [6.07, 6.45) is 0. The zero-order valence-corrected chi connectivity index (χ0v) is 15.9. The number of nitro groups is 1.